The van der Waals surface area contributed by atoms with E-state index in [0.717, 1.165) is 32.0 Å². The van der Waals surface area contributed by atoms with Crippen molar-refractivity contribution in [2.24, 2.45) is 4.99 Å². The minimum absolute atomic E-state index is 0.0939. The van der Waals surface area contributed by atoms with Crippen molar-refractivity contribution in [1.82, 2.24) is 20.4 Å². The molecule has 1 spiro atoms. The van der Waals surface area contributed by atoms with Crippen LogP contribution in [0.25, 0.3) is 0 Å². The van der Waals surface area contributed by atoms with Crippen LogP contribution in [0.1, 0.15) is 43.7 Å². The summed E-state index contributed by atoms with van der Waals surface area (Å²) in [5, 5.41) is 5.98. The van der Waals surface area contributed by atoms with Crippen LogP contribution in [0.4, 0.5) is 4.79 Å². The first kappa shape index (κ1) is 19.7. The van der Waals surface area contributed by atoms with E-state index in [9.17, 15) is 9.59 Å². The second kappa shape index (κ2) is 8.43. The van der Waals surface area contributed by atoms with Crippen molar-refractivity contribution in [3.05, 3.63) is 35.4 Å². The average Bonchev–Trinajstić information content (AvgIpc) is 3.06. The van der Waals surface area contributed by atoms with Gasteiger partial charge in [-0.3, -0.25) is 14.7 Å². The maximum absolute atomic E-state index is 11.8. The number of hydrogen-bond donors (Lipinski definition) is 2. The highest BCUT2D eigenvalue weighted by atomic mass is 16.2. The number of imide groups is 1. The molecule has 1 atom stereocenters. The highest BCUT2D eigenvalue weighted by molar-refractivity contribution is 6.01. The summed E-state index contributed by atoms with van der Waals surface area (Å²) >= 11 is 0. The van der Waals surface area contributed by atoms with Gasteiger partial charge in [0.25, 0.3) is 0 Å². The Morgan fingerprint density at radius 3 is 2.86 bits per heavy atom. The van der Waals surface area contributed by atoms with E-state index in [1.807, 2.05) is 0 Å². The SMILES string of the molecule is CCNC(=NCCN1C(=O)CNC1=O)N1CCCC2(CCCc3ccccc32)C1. The Labute approximate surface area is 172 Å². The van der Waals surface area contributed by atoms with Gasteiger partial charge in [-0.1, -0.05) is 24.3 Å². The van der Waals surface area contributed by atoms with Crippen LogP contribution in [0.2, 0.25) is 0 Å². The predicted molar refractivity (Wildman–Crippen MR) is 113 cm³/mol. The van der Waals surface area contributed by atoms with Crippen LogP contribution in [0.5, 0.6) is 0 Å². The number of amides is 3. The number of urea groups is 1. The normalized spacial score (nSPS) is 24.7. The fraction of sp³-hybridized carbons (Fsp3) is 0.591. The van der Waals surface area contributed by atoms with Gasteiger partial charge in [0.05, 0.1) is 19.6 Å². The average molecular weight is 398 g/mol. The van der Waals surface area contributed by atoms with E-state index in [0.29, 0.717) is 13.1 Å². The molecule has 0 radical (unpaired) electrons. The van der Waals surface area contributed by atoms with Gasteiger partial charge in [-0.05, 0) is 50.2 Å². The molecule has 3 amide bonds. The van der Waals surface area contributed by atoms with Crippen molar-refractivity contribution in [1.29, 1.82) is 0 Å². The van der Waals surface area contributed by atoms with Crippen LogP contribution in [-0.2, 0) is 16.6 Å². The lowest BCUT2D eigenvalue weighted by atomic mass is 9.66. The highest BCUT2D eigenvalue weighted by Gasteiger charge is 2.40. The van der Waals surface area contributed by atoms with Crippen molar-refractivity contribution in [3.8, 4) is 0 Å². The molecule has 29 heavy (non-hydrogen) atoms. The third-order valence-corrected chi connectivity index (χ3v) is 6.42. The molecule has 0 bridgehead atoms. The van der Waals surface area contributed by atoms with Gasteiger partial charge < -0.3 is 15.5 Å². The number of carbonyl (C=O) groups is 2. The Kier molecular flexibility index (Phi) is 5.74. The molecule has 2 heterocycles. The number of nitrogens with zero attached hydrogens (tertiary/aromatic N) is 3. The zero-order chi connectivity index (χ0) is 20.3. The van der Waals surface area contributed by atoms with Crippen LogP contribution < -0.4 is 10.6 Å². The van der Waals surface area contributed by atoms with Crippen molar-refractivity contribution >= 4 is 17.9 Å². The van der Waals surface area contributed by atoms with Crippen LogP contribution in [0, 0.1) is 0 Å². The molecule has 7 heteroatoms. The van der Waals surface area contributed by atoms with E-state index in [2.05, 4.69) is 46.7 Å². The van der Waals surface area contributed by atoms with Crippen molar-refractivity contribution in [2.75, 3.05) is 39.3 Å². The number of fused-ring (bicyclic) bond motifs is 2. The second-order valence-electron chi connectivity index (χ2n) is 8.26. The van der Waals surface area contributed by atoms with Crippen LogP contribution >= 0.6 is 0 Å². The number of aryl methyl sites for hydroxylation is 1. The maximum atomic E-state index is 11.8. The fourth-order valence-electron chi connectivity index (χ4n) is 5.11. The molecule has 2 saturated heterocycles. The molecule has 2 aliphatic heterocycles. The monoisotopic (exact) mass is 397 g/mol. The number of guanidine groups is 1. The highest BCUT2D eigenvalue weighted by Crippen LogP contribution is 2.43. The number of benzene rings is 1. The molecular weight excluding hydrogens is 366 g/mol. The Morgan fingerprint density at radius 2 is 2.07 bits per heavy atom. The Bertz CT molecular complexity index is 792. The second-order valence-corrected chi connectivity index (χ2v) is 8.26. The van der Waals surface area contributed by atoms with Crippen LogP contribution in [-0.4, -0.2) is 67.0 Å². The number of likely N-dealkylation sites (tertiary alicyclic amines) is 1. The first-order valence-corrected chi connectivity index (χ1v) is 10.8. The number of piperidine rings is 1. The molecular formula is C22H31N5O2. The molecule has 2 N–H and O–H groups in total. The summed E-state index contributed by atoms with van der Waals surface area (Å²) < 4.78 is 0. The fourth-order valence-corrected chi connectivity index (χ4v) is 5.11. The smallest absolute Gasteiger partial charge is 0.324 e. The van der Waals surface area contributed by atoms with Gasteiger partial charge >= 0.3 is 6.03 Å². The quantitative estimate of drug-likeness (QED) is 0.462. The lowest BCUT2D eigenvalue weighted by molar-refractivity contribution is -0.124. The summed E-state index contributed by atoms with van der Waals surface area (Å²) in [5.74, 6) is 0.715. The molecule has 1 unspecified atom stereocenters. The zero-order valence-corrected chi connectivity index (χ0v) is 17.2. The van der Waals surface area contributed by atoms with Crippen LogP contribution in [0.15, 0.2) is 29.3 Å². The summed E-state index contributed by atoms with van der Waals surface area (Å²) in [7, 11) is 0. The molecule has 1 aromatic rings. The predicted octanol–water partition coefficient (Wildman–Crippen LogP) is 1.87. The van der Waals surface area contributed by atoms with E-state index in [4.69, 9.17) is 4.99 Å². The van der Waals surface area contributed by atoms with Crippen molar-refractivity contribution in [2.45, 2.75) is 44.4 Å². The Morgan fingerprint density at radius 1 is 1.24 bits per heavy atom. The molecule has 7 nitrogen and oxygen atoms in total. The first-order chi connectivity index (χ1) is 14.1. The number of hydrogen-bond acceptors (Lipinski definition) is 3. The minimum Gasteiger partial charge on any atom is -0.357 e. The molecule has 3 aliphatic rings. The van der Waals surface area contributed by atoms with E-state index < -0.39 is 0 Å². The molecule has 0 saturated carbocycles. The summed E-state index contributed by atoms with van der Waals surface area (Å²) in [6, 6.07) is 8.61. The summed E-state index contributed by atoms with van der Waals surface area (Å²) in [4.78, 5) is 31.9. The van der Waals surface area contributed by atoms with E-state index >= 15 is 0 Å². The van der Waals surface area contributed by atoms with E-state index in [-0.39, 0.29) is 23.9 Å². The summed E-state index contributed by atoms with van der Waals surface area (Å²) in [6.45, 7) is 5.65. The van der Waals surface area contributed by atoms with Gasteiger partial charge in [-0.25, -0.2) is 4.79 Å². The number of carbonyl (C=O) groups excluding carboxylic acids is 2. The van der Waals surface area contributed by atoms with Gasteiger partial charge in [0, 0.05) is 25.0 Å². The van der Waals surface area contributed by atoms with Gasteiger partial charge in [0.1, 0.15) is 0 Å². The Balaban J connectivity index is 1.49. The topological polar surface area (TPSA) is 77.0 Å². The van der Waals surface area contributed by atoms with Gasteiger partial charge in [0.2, 0.25) is 5.91 Å². The van der Waals surface area contributed by atoms with Crippen LogP contribution in [0.3, 0.4) is 0 Å². The first-order valence-electron chi connectivity index (χ1n) is 10.8. The third-order valence-electron chi connectivity index (χ3n) is 6.42. The van der Waals surface area contributed by atoms with Gasteiger partial charge in [-0.2, -0.15) is 0 Å². The standard InChI is InChI=1S/C22H31N5O2/c1-2-23-20(24-12-14-27-19(28)15-25-21(27)29)26-13-6-11-22(16-26)10-5-8-17-7-3-4-9-18(17)22/h3-4,7,9H,2,5-6,8,10-16H2,1H3,(H,23,24)(H,25,29). The zero-order valence-electron chi connectivity index (χ0n) is 17.2. The molecule has 156 valence electrons. The summed E-state index contributed by atoms with van der Waals surface area (Å²) in [5.41, 5.74) is 3.22. The lowest BCUT2D eigenvalue weighted by Gasteiger charge is -2.47. The number of aliphatic imine (C=N–C) groups is 1. The largest absolute Gasteiger partial charge is 0.357 e. The van der Waals surface area contributed by atoms with Gasteiger partial charge in [-0.15, -0.1) is 0 Å². The number of rotatable bonds is 4. The van der Waals surface area contributed by atoms with Crippen molar-refractivity contribution < 1.29 is 9.59 Å². The van der Waals surface area contributed by atoms with Gasteiger partial charge in [0.15, 0.2) is 5.96 Å². The van der Waals surface area contributed by atoms with E-state index in [1.165, 1.54) is 41.7 Å². The minimum atomic E-state index is -0.314. The maximum Gasteiger partial charge on any atom is 0.324 e. The Hall–Kier alpha value is -2.57. The lowest BCUT2D eigenvalue weighted by Crippen LogP contribution is -2.53. The number of nitrogens with one attached hydrogen (secondary N) is 2. The van der Waals surface area contributed by atoms with E-state index in [1.54, 1.807) is 0 Å². The summed E-state index contributed by atoms with van der Waals surface area (Å²) in [6.07, 6.45) is 6.01. The molecule has 0 aromatic heterocycles. The molecule has 1 aliphatic carbocycles. The molecule has 1 aromatic carbocycles. The van der Waals surface area contributed by atoms with Crippen molar-refractivity contribution in [3.63, 3.8) is 0 Å². The molecule has 4 rings (SSSR count). The third kappa shape index (κ3) is 3.95. The molecule has 2 fully saturated rings.